The highest BCUT2D eigenvalue weighted by molar-refractivity contribution is 5.93. The first-order chi connectivity index (χ1) is 12.2. The first kappa shape index (κ1) is 16.8. The van der Waals surface area contributed by atoms with E-state index in [1.54, 1.807) is 37.4 Å². The average molecular weight is 345 g/mol. The fourth-order valence-corrected chi connectivity index (χ4v) is 2.65. The highest BCUT2D eigenvalue weighted by Gasteiger charge is 2.19. The van der Waals surface area contributed by atoms with Crippen molar-refractivity contribution in [3.05, 3.63) is 35.9 Å². The molecular weight excluding hydrogens is 326 g/mol. The minimum Gasteiger partial charge on any atom is -0.493 e. The van der Waals surface area contributed by atoms with Gasteiger partial charge in [-0.05, 0) is 18.2 Å². The van der Waals surface area contributed by atoms with Crippen LogP contribution in [0.3, 0.4) is 0 Å². The Labute approximate surface area is 145 Å². The monoisotopic (exact) mass is 345 g/mol. The quantitative estimate of drug-likeness (QED) is 0.867. The Morgan fingerprint density at radius 3 is 2.48 bits per heavy atom. The number of carbonyl (C=O) groups excluding carboxylic acids is 1. The summed E-state index contributed by atoms with van der Waals surface area (Å²) < 4.78 is 26.5. The maximum Gasteiger partial charge on any atom is 0.231 e. The molecule has 0 aromatic heterocycles. The van der Waals surface area contributed by atoms with Gasteiger partial charge in [0.2, 0.25) is 18.4 Å². The van der Waals surface area contributed by atoms with Crippen molar-refractivity contribution >= 4 is 11.6 Å². The van der Waals surface area contributed by atoms with Crippen LogP contribution in [0.25, 0.3) is 0 Å². The average Bonchev–Trinajstić information content (AvgIpc) is 3.08. The highest BCUT2D eigenvalue weighted by atomic mass is 16.7. The molecule has 0 unspecified atom stereocenters. The molecule has 1 N–H and O–H groups in total. The summed E-state index contributed by atoms with van der Waals surface area (Å²) in [4.78, 5) is 12.4. The Hall–Kier alpha value is -3.09. The van der Waals surface area contributed by atoms with Crippen molar-refractivity contribution in [1.29, 1.82) is 0 Å². The van der Waals surface area contributed by atoms with Crippen molar-refractivity contribution in [2.24, 2.45) is 0 Å². The van der Waals surface area contributed by atoms with Gasteiger partial charge >= 0.3 is 0 Å². The van der Waals surface area contributed by atoms with Crippen LogP contribution in [0.2, 0.25) is 0 Å². The van der Waals surface area contributed by atoms with E-state index in [0.29, 0.717) is 40.0 Å². The maximum absolute atomic E-state index is 12.4. The number of hydrogen-bond acceptors (Lipinski definition) is 6. The minimum absolute atomic E-state index is 0.123. The largest absolute Gasteiger partial charge is 0.493 e. The number of ether oxygens (including phenoxy) is 5. The van der Waals surface area contributed by atoms with Gasteiger partial charge in [-0.2, -0.15) is 0 Å². The van der Waals surface area contributed by atoms with E-state index in [1.807, 2.05) is 0 Å². The lowest BCUT2D eigenvalue weighted by Gasteiger charge is -2.15. The zero-order valence-corrected chi connectivity index (χ0v) is 14.3. The Morgan fingerprint density at radius 2 is 1.76 bits per heavy atom. The van der Waals surface area contributed by atoms with E-state index in [4.69, 9.17) is 23.7 Å². The molecule has 0 aliphatic carbocycles. The lowest BCUT2D eigenvalue weighted by Crippen LogP contribution is -2.15. The summed E-state index contributed by atoms with van der Waals surface area (Å²) in [5, 5.41) is 2.84. The number of amides is 1. The molecule has 2 aromatic carbocycles. The molecule has 0 fully saturated rings. The third-order valence-electron chi connectivity index (χ3n) is 3.79. The summed E-state index contributed by atoms with van der Waals surface area (Å²) in [6, 6.07) is 8.77. The van der Waals surface area contributed by atoms with Gasteiger partial charge in [0.25, 0.3) is 0 Å². The lowest BCUT2D eigenvalue weighted by atomic mass is 10.1. The second-order valence-corrected chi connectivity index (χ2v) is 5.29. The molecular formula is C18H19NO6. The SMILES string of the molecule is COc1ccc(CC(=O)Nc2ccc3c(c2)OCO3)c(OC)c1OC. The summed E-state index contributed by atoms with van der Waals surface area (Å²) in [7, 11) is 4.59. The van der Waals surface area contributed by atoms with Crippen LogP contribution in [0.15, 0.2) is 30.3 Å². The van der Waals surface area contributed by atoms with Crippen LogP contribution >= 0.6 is 0 Å². The Kier molecular flexibility index (Phi) is 4.83. The van der Waals surface area contributed by atoms with Crippen LogP contribution in [0, 0.1) is 0 Å². The van der Waals surface area contributed by atoms with Crippen LogP contribution in [0.5, 0.6) is 28.7 Å². The Bertz CT molecular complexity index is 789. The van der Waals surface area contributed by atoms with Crippen molar-refractivity contribution in [3.63, 3.8) is 0 Å². The molecule has 1 amide bonds. The molecule has 25 heavy (non-hydrogen) atoms. The molecule has 0 radical (unpaired) electrons. The van der Waals surface area contributed by atoms with Crippen molar-refractivity contribution in [2.45, 2.75) is 6.42 Å². The predicted octanol–water partition coefficient (Wildman–Crippen LogP) is 2.62. The number of fused-ring (bicyclic) bond motifs is 1. The number of hydrogen-bond donors (Lipinski definition) is 1. The number of methoxy groups -OCH3 is 3. The van der Waals surface area contributed by atoms with Crippen molar-refractivity contribution < 1.29 is 28.5 Å². The number of rotatable bonds is 6. The third-order valence-corrected chi connectivity index (χ3v) is 3.79. The molecule has 2 aromatic rings. The fourth-order valence-electron chi connectivity index (χ4n) is 2.65. The molecule has 7 heteroatoms. The second-order valence-electron chi connectivity index (χ2n) is 5.29. The summed E-state index contributed by atoms with van der Waals surface area (Å²) in [6.45, 7) is 0.190. The molecule has 3 rings (SSSR count). The zero-order valence-electron chi connectivity index (χ0n) is 14.3. The topological polar surface area (TPSA) is 75.3 Å². The van der Waals surface area contributed by atoms with Gasteiger partial charge in [0.15, 0.2) is 23.0 Å². The van der Waals surface area contributed by atoms with Crippen LogP contribution in [-0.4, -0.2) is 34.0 Å². The van der Waals surface area contributed by atoms with E-state index in [1.165, 1.54) is 14.2 Å². The lowest BCUT2D eigenvalue weighted by molar-refractivity contribution is -0.115. The standard InChI is InChI=1S/C18H19NO6/c1-21-14-6-4-11(17(22-2)18(14)23-3)8-16(20)19-12-5-7-13-15(9-12)25-10-24-13/h4-7,9H,8,10H2,1-3H3,(H,19,20). The summed E-state index contributed by atoms with van der Waals surface area (Å²) in [5.41, 5.74) is 1.33. The third kappa shape index (κ3) is 3.40. The van der Waals surface area contributed by atoms with E-state index < -0.39 is 0 Å². The number of benzene rings is 2. The second kappa shape index (κ2) is 7.21. The Balaban J connectivity index is 1.76. The normalized spacial score (nSPS) is 11.8. The highest BCUT2D eigenvalue weighted by Crippen LogP contribution is 2.40. The molecule has 0 saturated carbocycles. The van der Waals surface area contributed by atoms with Crippen molar-refractivity contribution in [3.8, 4) is 28.7 Å². The van der Waals surface area contributed by atoms with Crippen LogP contribution in [-0.2, 0) is 11.2 Å². The predicted molar refractivity (Wildman–Crippen MR) is 91.0 cm³/mol. The van der Waals surface area contributed by atoms with E-state index in [2.05, 4.69) is 5.32 Å². The molecule has 0 saturated heterocycles. The number of carbonyl (C=O) groups is 1. The molecule has 132 valence electrons. The summed E-state index contributed by atoms with van der Waals surface area (Å²) in [6.07, 6.45) is 0.123. The first-order valence-electron chi connectivity index (χ1n) is 7.63. The van der Waals surface area contributed by atoms with Gasteiger partial charge in [0.05, 0.1) is 27.8 Å². The number of anilines is 1. The zero-order chi connectivity index (χ0) is 17.8. The van der Waals surface area contributed by atoms with Crippen LogP contribution in [0.1, 0.15) is 5.56 Å². The van der Waals surface area contributed by atoms with Crippen molar-refractivity contribution in [2.75, 3.05) is 33.4 Å². The summed E-state index contributed by atoms with van der Waals surface area (Å²) >= 11 is 0. The molecule has 1 aliphatic heterocycles. The van der Waals surface area contributed by atoms with Gasteiger partial charge in [0, 0.05) is 17.3 Å². The smallest absolute Gasteiger partial charge is 0.231 e. The fraction of sp³-hybridized carbons (Fsp3) is 0.278. The molecule has 1 aliphatic rings. The number of nitrogens with one attached hydrogen (secondary N) is 1. The van der Waals surface area contributed by atoms with Gasteiger partial charge in [0.1, 0.15) is 0 Å². The molecule has 0 spiro atoms. The van der Waals surface area contributed by atoms with E-state index in [0.717, 1.165) is 0 Å². The van der Waals surface area contributed by atoms with Gasteiger partial charge < -0.3 is 29.0 Å². The molecule has 0 bridgehead atoms. The maximum atomic E-state index is 12.4. The molecule has 1 heterocycles. The summed E-state index contributed by atoms with van der Waals surface area (Å²) in [5.74, 6) is 2.56. The van der Waals surface area contributed by atoms with E-state index >= 15 is 0 Å². The minimum atomic E-state index is -0.190. The van der Waals surface area contributed by atoms with Gasteiger partial charge in [-0.3, -0.25) is 4.79 Å². The van der Waals surface area contributed by atoms with E-state index in [9.17, 15) is 4.79 Å². The van der Waals surface area contributed by atoms with Crippen LogP contribution in [0.4, 0.5) is 5.69 Å². The van der Waals surface area contributed by atoms with Crippen molar-refractivity contribution in [1.82, 2.24) is 0 Å². The van der Waals surface area contributed by atoms with Gasteiger partial charge in [-0.1, -0.05) is 6.07 Å². The van der Waals surface area contributed by atoms with Gasteiger partial charge in [-0.15, -0.1) is 0 Å². The molecule has 7 nitrogen and oxygen atoms in total. The first-order valence-corrected chi connectivity index (χ1v) is 7.63. The molecule has 0 atom stereocenters. The van der Waals surface area contributed by atoms with E-state index in [-0.39, 0.29) is 19.1 Å². The van der Waals surface area contributed by atoms with Crippen LogP contribution < -0.4 is 29.0 Å². The van der Waals surface area contributed by atoms with Gasteiger partial charge in [-0.25, -0.2) is 0 Å². The Morgan fingerprint density at radius 1 is 1.00 bits per heavy atom.